The molecule has 0 saturated heterocycles. The molecule has 118 valence electrons. The fourth-order valence-corrected chi connectivity index (χ4v) is 2.67. The number of fused-ring (bicyclic) bond motifs is 1. The highest BCUT2D eigenvalue weighted by molar-refractivity contribution is 5.90. The molecular formula is C20H22N2O. The van der Waals surface area contributed by atoms with E-state index in [9.17, 15) is 0 Å². The molecule has 1 heterocycles. The Bertz CT molecular complexity index is 846. The van der Waals surface area contributed by atoms with Crippen LogP contribution in [0.25, 0.3) is 22.2 Å². The Balaban J connectivity index is 2.12. The second-order valence-corrected chi connectivity index (χ2v) is 6.81. The summed E-state index contributed by atoms with van der Waals surface area (Å²) in [7, 11) is 1.68. The number of ether oxygens (including phenoxy) is 1. The normalized spacial score (nSPS) is 11.7. The number of aromatic nitrogens is 1. The van der Waals surface area contributed by atoms with Gasteiger partial charge in [-0.15, -0.1) is 0 Å². The van der Waals surface area contributed by atoms with Crippen LogP contribution in [0.15, 0.2) is 48.5 Å². The predicted octanol–water partition coefficient (Wildman–Crippen LogP) is 4.79. The third-order valence-electron chi connectivity index (χ3n) is 4.06. The van der Waals surface area contributed by atoms with Gasteiger partial charge in [-0.05, 0) is 29.2 Å². The van der Waals surface area contributed by atoms with Crippen LogP contribution in [0.2, 0.25) is 0 Å². The summed E-state index contributed by atoms with van der Waals surface area (Å²) in [5.41, 5.74) is 10.8. The molecule has 0 spiro atoms. The SMILES string of the molecule is COc1cc(-c2ccc(C(C)(C)C)cc2)nc2cc(N)ccc12. The van der Waals surface area contributed by atoms with Crippen molar-refractivity contribution in [3.05, 3.63) is 54.1 Å². The highest BCUT2D eigenvalue weighted by Gasteiger charge is 2.14. The van der Waals surface area contributed by atoms with Gasteiger partial charge >= 0.3 is 0 Å². The molecule has 0 bridgehead atoms. The Morgan fingerprint density at radius 3 is 2.26 bits per heavy atom. The summed E-state index contributed by atoms with van der Waals surface area (Å²) >= 11 is 0. The first-order valence-electron chi connectivity index (χ1n) is 7.74. The van der Waals surface area contributed by atoms with Crippen molar-refractivity contribution in [3.8, 4) is 17.0 Å². The van der Waals surface area contributed by atoms with Crippen LogP contribution in [0, 0.1) is 0 Å². The van der Waals surface area contributed by atoms with E-state index in [1.165, 1.54) is 5.56 Å². The average Bonchev–Trinajstić information content (AvgIpc) is 2.52. The van der Waals surface area contributed by atoms with E-state index in [1.54, 1.807) is 7.11 Å². The van der Waals surface area contributed by atoms with Gasteiger partial charge in [0.05, 0.1) is 18.3 Å². The molecule has 3 aromatic rings. The molecule has 0 saturated carbocycles. The van der Waals surface area contributed by atoms with Gasteiger partial charge in [0, 0.05) is 22.7 Å². The molecule has 2 aromatic carbocycles. The van der Waals surface area contributed by atoms with Crippen molar-refractivity contribution in [2.75, 3.05) is 12.8 Å². The second kappa shape index (κ2) is 5.58. The molecule has 0 aliphatic rings. The zero-order chi connectivity index (χ0) is 16.6. The highest BCUT2D eigenvalue weighted by Crippen LogP contribution is 2.32. The third kappa shape index (κ3) is 3.00. The van der Waals surface area contributed by atoms with E-state index in [2.05, 4.69) is 45.0 Å². The number of benzene rings is 2. The molecule has 3 nitrogen and oxygen atoms in total. The summed E-state index contributed by atoms with van der Waals surface area (Å²) < 4.78 is 5.53. The van der Waals surface area contributed by atoms with Crippen LogP contribution in [-0.4, -0.2) is 12.1 Å². The van der Waals surface area contributed by atoms with Crippen molar-refractivity contribution >= 4 is 16.6 Å². The minimum absolute atomic E-state index is 0.140. The lowest BCUT2D eigenvalue weighted by Crippen LogP contribution is -2.10. The van der Waals surface area contributed by atoms with Gasteiger partial charge in [-0.3, -0.25) is 0 Å². The van der Waals surface area contributed by atoms with Gasteiger partial charge in [0.2, 0.25) is 0 Å². The summed E-state index contributed by atoms with van der Waals surface area (Å²) in [5, 5.41) is 0.969. The zero-order valence-electron chi connectivity index (χ0n) is 14.1. The Morgan fingerprint density at radius 2 is 1.65 bits per heavy atom. The van der Waals surface area contributed by atoms with Crippen molar-refractivity contribution in [2.45, 2.75) is 26.2 Å². The monoisotopic (exact) mass is 306 g/mol. The van der Waals surface area contributed by atoms with Gasteiger partial charge in [0.1, 0.15) is 5.75 Å². The first kappa shape index (κ1) is 15.3. The minimum atomic E-state index is 0.140. The molecule has 3 rings (SSSR count). The quantitative estimate of drug-likeness (QED) is 0.692. The first-order valence-corrected chi connectivity index (χ1v) is 7.74. The van der Waals surface area contributed by atoms with E-state index in [0.29, 0.717) is 5.69 Å². The lowest BCUT2D eigenvalue weighted by Gasteiger charge is -2.19. The number of nitrogen functional groups attached to an aromatic ring is 1. The molecule has 0 amide bonds. The molecule has 1 aromatic heterocycles. The molecule has 0 atom stereocenters. The summed E-state index contributed by atoms with van der Waals surface area (Å²) in [4.78, 5) is 4.75. The molecule has 0 fully saturated rings. The van der Waals surface area contributed by atoms with Crippen LogP contribution in [0.3, 0.4) is 0 Å². The van der Waals surface area contributed by atoms with E-state index in [-0.39, 0.29) is 5.41 Å². The molecule has 23 heavy (non-hydrogen) atoms. The maximum Gasteiger partial charge on any atom is 0.130 e. The van der Waals surface area contributed by atoms with Crippen molar-refractivity contribution in [1.82, 2.24) is 4.98 Å². The lowest BCUT2D eigenvalue weighted by atomic mass is 9.86. The van der Waals surface area contributed by atoms with Gasteiger partial charge in [-0.1, -0.05) is 45.0 Å². The average molecular weight is 306 g/mol. The summed E-state index contributed by atoms with van der Waals surface area (Å²) in [6, 6.07) is 16.2. The van der Waals surface area contributed by atoms with Crippen molar-refractivity contribution in [1.29, 1.82) is 0 Å². The van der Waals surface area contributed by atoms with Gasteiger partial charge < -0.3 is 10.5 Å². The highest BCUT2D eigenvalue weighted by atomic mass is 16.5. The number of pyridine rings is 1. The second-order valence-electron chi connectivity index (χ2n) is 6.81. The third-order valence-corrected chi connectivity index (χ3v) is 4.06. The van der Waals surface area contributed by atoms with Crippen LogP contribution in [0.4, 0.5) is 5.69 Å². The molecule has 0 aliphatic carbocycles. The van der Waals surface area contributed by atoms with Crippen LogP contribution in [-0.2, 0) is 5.41 Å². The maximum atomic E-state index is 5.89. The van der Waals surface area contributed by atoms with E-state index in [4.69, 9.17) is 15.5 Å². The number of hydrogen-bond donors (Lipinski definition) is 1. The Morgan fingerprint density at radius 1 is 0.957 bits per heavy atom. The predicted molar refractivity (Wildman–Crippen MR) is 96.8 cm³/mol. The van der Waals surface area contributed by atoms with Crippen LogP contribution in [0.5, 0.6) is 5.75 Å². The molecule has 0 radical (unpaired) electrons. The first-order chi connectivity index (χ1) is 10.9. The summed E-state index contributed by atoms with van der Waals surface area (Å²) in [6.07, 6.45) is 0. The Kier molecular flexibility index (Phi) is 3.72. The van der Waals surface area contributed by atoms with Gasteiger partial charge in [0.15, 0.2) is 0 Å². The fourth-order valence-electron chi connectivity index (χ4n) is 2.67. The number of rotatable bonds is 2. The molecule has 2 N–H and O–H groups in total. The van der Waals surface area contributed by atoms with Crippen molar-refractivity contribution < 1.29 is 4.74 Å². The van der Waals surface area contributed by atoms with E-state index >= 15 is 0 Å². The van der Waals surface area contributed by atoms with Crippen LogP contribution in [0.1, 0.15) is 26.3 Å². The fraction of sp³-hybridized carbons (Fsp3) is 0.250. The van der Waals surface area contributed by atoms with Gasteiger partial charge in [0.25, 0.3) is 0 Å². The van der Waals surface area contributed by atoms with Crippen LogP contribution < -0.4 is 10.5 Å². The smallest absolute Gasteiger partial charge is 0.130 e. The number of hydrogen-bond acceptors (Lipinski definition) is 3. The standard InChI is InChI=1S/C20H22N2O/c1-20(2,3)14-7-5-13(6-8-14)17-12-19(23-4)16-10-9-15(21)11-18(16)22-17/h5-12H,21H2,1-4H3. The molecular weight excluding hydrogens is 284 g/mol. The molecule has 0 aliphatic heterocycles. The van der Waals surface area contributed by atoms with E-state index in [0.717, 1.165) is 27.9 Å². The van der Waals surface area contributed by atoms with E-state index < -0.39 is 0 Å². The number of methoxy groups -OCH3 is 1. The molecule has 3 heteroatoms. The van der Waals surface area contributed by atoms with Gasteiger partial charge in [-0.2, -0.15) is 0 Å². The van der Waals surface area contributed by atoms with Crippen molar-refractivity contribution in [2.24, 2.45) is 0 Å². The largest absolute Gasteiger partial charge is 0.496 e. The topological polar surface area (TPSA) is 48.1 Å². The maximum absolute atomic E-state index is 5.89. The number of anilines is 1. The minimum Gasteiger partial charge on any atom is -0.496 e. The number of nitrogens with zero attached hydrogens (tertiary/aromatic N) is 1. The summed E-state index contributed by atoms with van der Waals surface area (Å²) in [6.45, 7) is 6.63. The zero-order valence-corrected chi connectivity index (χ0v) is 14.1. The van der Waals surface area contributed by atoms with Gasteiger partial charge in [-0.25, -0.2) is 4.98 Å². The lowest BCUT2D eigenvalue weighted by molar-refractivity contribution is 0.419. The van der Waals surface area contributed by atoms with E-state index in [1.807, 2.05) is 24.3 Å². The number of nitrogens with two attached hydrogens (primary N) is 1. The van der Waals surface area contributed by atoms with Crippen molar-refractivity contribution in [3.63, 3.8) is 0 Å². The van der Waals surface area contributed by atoms with Crippen LogP contribution >= 0.6 is 0 Å². The summed E-state index contributed by atoms with van der Waals surface area (Å²) in [5.74, 6) is 0.810. The molecule has 0 unspecified atom stereocenters. The Labute approximate surface area is 137 Å². The Hall–Kier alpha value is -2.55.